The molecule has 1 saturated carbocycles. The van der Waals surface area contributed by atoms with Gasteiger partial charge < -0.3 is 9.80 Å². The minimum atomic E-state index is -0.174. The highest BCUT2D eigenvalue weighted by atomic mass is 19.1. The molecule has 0 radical (unpaired) electrons. The zero-order valence-electron chi connectivity index (χ0n) is 16.9. The van der Waals surface area contributed by atoms with Crippen LogP contribution in [0.1, 0.15) is 54.2 Å². The van der Waals surface area contributed by atoms with Gasteiger partial charge in [0.15, 0.2) is 0 Å². The van der Waals surface area contributed by atoms with E-state index in [1.54, 1.807) is 12.1 Å². The average molecular weight is 381 g/mol. The van der Waals surface area contributed by atoms with Crippen LogP contribution in [0, 0.1) is 11.7 Å². The Morgan fingerprint density at radius 3 is 2.54 bits per heavy atom. The van der Waals surface area contributed by atoms with Gasteiger partial charge in [-0.2, -0.15) is 0 Å². The molecule has 0 N–H and O–H groups in total. The summed E-state index contributed by atoms with van der Waals surface area (Å²) in [7, 11) is 4.34. The molecule has 5 heteroatoms. The van der Waals surface area contributed by atoms with Crippen LogP contribution in [0.4, 0.5) is 10.2 Å². The molecular weight excluding hydrogens is 351 g/mol. The van der Waals surface area contributed by atoms with Crippen LogP contribution >= 0.6 is 0 Å². The monoisotopic (exact) mass is 380 g/mol. The predicted molar refractivity (Wildman–Crippen MR) is 109 cm³/mol. The fourth-order valence-electron chi connectivity index (χ4n) is 4.80. The Balaban J connectivity index is 1.52. The minimum absolute atomic E-state index is 0.174. The molecular formula is C23H29FN4. The molecule has 3 aliphatic rings. The Hall–Kier alpha value is -2.01. The van der Waals surface area contributed by atoms with Crippen molar-refractivity contribution in [3.05, 3.63) is 52.7 Å². The molecule has 148 valence electrons. The van der Waals surface area contributed by atoms with Gasteiger partial charge in [-0.15, -0.1) is 0 Å². The second kappa shape index (κ2) is 7.11. The van der Waals surface area contributed by atoms with Crippen molar-refractivity contribution < 1.29 is 4.39 Å². The van der Waals surface area contributed by atoms with Gasteiger partial charge in [0, 0.05) is 37.0 Å². The molecule has 2 heterocycles. The summed E-state index contributed by atoms with van der Waals surface area (Å²) < 4.78 is 13.4. The third kappa shape index (κ3) is 3.41. The van der Waals surface area contributed by atoms with E-state index in [1.165, 1.54) is 41.9 Å². The Bertz CT molecular complexity index is 860. The van der Waals surface area contributed by atoms with Gasteiger partial charge >= 0.3 is 0 Å². The SMILES string of the molecule is CN(C)C1CCN(c2nc(CC3CC3)nc3c2CCC3c2ccc(F)cc2)C1. The first-order valence-corrected chi connectivity index (χ1v) is 10.6. The van der Waals surface area contributed by atoms with Crippen molar-refractivity contribution in [3.63, 3.8) is 0 Å². The molecule has 1 saturated heterocycles. The summed E-state index contributed by atoms with van der Waals surface area (Å²) in [5.74, 6) is 3.05. The van der Waals surface area contributed by atoms with Crippen molar-refractivity contribution in [2.45, 2.75) is 50.5 Å². The molecule has 0 bridgehead atoms. The van der Waals surface area contributed by atoms with Crippen LogP contribution in [0.15, 0.2) is 24.3 Å². The summed E-state index contributed by atoms with van der Waals surface area (Å²) >= 11 is 0. The molecule has 4 nitrogen and oxygen atoms in total. The lowest BCUT2D eigenvalue weighted by Gasteiger charge is -2.24. The first-order chi connectivity index (χ1) is 13.6. The Morgan fingerprint density at radius 1 is 1.07 bits per heavy atom. The van der Waals surface area contributed by atoms with E-state index in [0.29, 0.717) is 6.04 Å². The lowest BCUT2D eigenvalue weighted by atomic mass is 9.96. The largest absolute Gasteiger partial charge is 0.355 e. The van der Waals surface area contributed by atoms with Crippen LogP contribution in [-0.2, 0) is 12.8 Å². The maximum atomic E-state index is 13.4. The molecule has 0 spiro atoms. The van der Waals surface area contributed by atoms with E-state index in [4.69, 9.17) is 9.97 Å². The summed E-state index contributed by atoms with van der Waals surface area (Å²) in [5, 5.41) is 0. The highest BCUT2D eigenvalue weighted by Crippen LogP contribution is 2.42. The van der Waals surface area contributed by atoms with Crippen molar-refractivity contribution >= 4 is 5.82 Å². The topological polar surface area (TPSA) is 32.3 Å². The van der Waals surface area contributed by atoms with Crippen LogP contribution in [0.25, 0.3) is 0 Å². The number of nitrogens with zero attached hydrogens (tertiary/aromatic N) is 4. The summed E-state index contributed by atoms with van der Waals surface area (Å²) in [6, 6.07) is 7.59. The number of benzene rings is 1. The first kappa shape index (κ1) is 18.0. The number of rotatable bonds is 5. The highest BCUT2D eigenvalue weighted by Gasteiger charge is 2.34. The lowest BCUT2D eigenvalue weighted by Crippen LogP contribution is -2.32. The molecule has 2 atom stereocenters. The van der Waals surface area contributed by atoms with E-state index < -0.39 is 0 Å². The Kier molecular flexibility index (Phi) is 4.58. The van der Waals surface area contributed by atoms with E-state index in [0.717, 1.165) is 44.1 Å². The molecule has 0 amide bonds. The van der Waals surface area contributed by atoms with E-state index in [1.807, 2.05) is 12.1 Å². The number of anilines is 1. The molecule has 2 aromatic rings. The van der Waals surface area contributed by atoms with Gasteiger partial charge in [-0.25, -0.2) is 14.4 Å². The van der Waals surface area contributed by atoms with Crippen molar-refractivity contribution in [1.82, 2.24) is 14.9 Å². The third-order valence-electron chi connectivity index (χ3n) is 6.71. The second-order valence-corrected chi connectivity index (χ2v) is 8.97. The van der Waals surface area contributed by atoms with Gasteiger partial charge in [0.2, 0.25) is 0 Å². The number of halogens is 1. The zero-order valence-corrected chi connectivity index (χ0v) is 16.9. The smallest absolute Gasteiger partial charge is 0.135 e. The number of fused-ring (bicyclic) bond motifs is 1. The number of hydrogen-bond acceptors (Lipinski definition) is 4. The standard InChI is InChI=1S/C23H29FN4/c1-27(2)18-11-12-28(14-18)23-20-10-9-19(16-5-7-17(24)8-6-16)22(20)25-21(26-23)13-15-3-4-15/h5-8,15,18-19H,3-4,9-14H2,1-2H3. The Morgan fingerprint density at radius 2 is 1.86 bits per heavy atom. The number of likely N-dealkylation sites (N-methyl/N-ethyl adjacent to an activating group) is 1. The predicted octanol–water partition coefficient (Wildman–Crippen LogP) is 3.79. The minimum Gasteiger partial charge on any atom is -0.355 e. The molecule has 2 fully saturated rings. The fraction of sp³-hybridized carbons (Fsp3) is 0.565. The third-order valence-corrected chi connectivity index (χ3v) is 6.71. The quantitative estimate of drug-likeness (QED) is 0.790. The van der Waals surface area contributed by atoms with Crippen LogP contribution < -0.4 is 4.90 Å². The van der Waals surface area contributed by atoms with E-state index in [2.05, 4.69) is 23.9 Å². The molecule has 1 aromatic carbocycles. The van der Waals surface area contributed by atoms with E-state index in [9.17, 15) is 4.39 Å². The summed E-state index contributed by atoms with van der Waals surface area (Å²) in [5.41, 5.74) is 3.70. The normalized spacial score (nSPS) is 24.2. The van der Waals surface area contributed by atoms with Gasteiger partial charge in [-0.05, 0) is 69.8 Å². The van der Waals surface area contributed by atoms with Gasteiger partial charge in [0.1, 0.15) is 17.5 Å². The summed E-state index contributed by atoms with van der Waals surface area (Å²) in [6.07, 6.45) is 6.86. The zero-order chi connectivity index (χ0) is 19.3. The molecule has 2 aliphatic carbocycles. The molecule has 1 aliphatic heterocycles. The van der Waals surface area contributed by atoms with Crippen LogP contribution in [0.5, 0.6) is 0 Å². The van der Waals surface area contributed by atoms with Crippen molar-refractivity contribution in [2.24, 2.45) is 5.92 Å². The summed E-state index contributed by atoms with van der Waals surface area (Å²) in [4.78, 5) is 14.9. The van der Waals surface area contributed by atoms with Crippen LogP contribution in [0.3, 0.4) is 0 Å². The lowest BCUT2D eigenvalue weighted by molar-refractivity contribution is 0.315. The Labute approximate surface area is 166 Å². The maximum Gasteiger partial charge on any atom is 0.135 e. The molecule has 5 rings (SSSR count). The number of hydrogen-bond donors (Lipinski definition) is 0. The van der Waals surface area contributed by atoms with Gasteiger partial charge in [0.05, 0.1) is 5.69 Å². The van der Waals surface area contributed by atoms with Crippen molar-refractivity contribution in [2.75, 3.05) is 32.1 Å². The molecule has 1 aromatic heterocycles. The van der Waals surface area contributed by atoms with E-state index in [-0.39, 0.29) is 11.7 Å². The molecule has 28 heavy (non-hydrogen) atoms. The first-order valence-electron chi connectivity index (χ1n) is 10.6. The maximum absolute atomic E-state index is 13.4. The van der Waals surface area contributed by atoms with Gasteiger partial charge in [-0.1, -0.05) is 12.1 Å². The molecule has 2 unspecified atom stereocenters. The van der Waals surface area contributed by atoms with Gasteiger partial charge in [0.25, 0.3) is 0 Å². The van der Waals surface area contributed by atoms with Crippen LogP contribution in [-0.4, -0.2) is 48.1 Å². The van der Waals surface area contributed by atoms with E-state index >= 15 is 0 Å². The second-order valence-electron chi connectivity index (χ2n) is 8.97. The van der Waals surface area contributed by atoms with Crippen molar-refractivity contribution in [1.29, 1.82) is 0 Å². The van der Waals surface area contributed by atoms with Crippen molar-refractivity contribution in [3.8, 4) is 0 Å². The fourth-order valence-corrected chi connectivity index (χ4v) is 4.80. The highest BCUT2D eigenvalue weighted by molar-refractivity contribution is 5.55. The summed E-state index contributed by atoms with van der Waals surface area (Å²) in [6.45, 7) is 2.11. The van der Waals surface area contributed by atoms with Gasteiger partial charge in [-0.3, -0.25) is 0 Å². The number of aromatic nitrogens is 2. The van der Waals surface area contributed by atoms with Crippen LogP contribution in [0.2, 0.25) is 0 Å². The average Bonchev–Trinajstić information content (AvgIpc) is 3.19.